The lowest BCUT2D eigenvalue weighted by Gasteiger charge is -2.41. The van der Waals surface area contributed by atoms with Gasteiger partial charge in [-0.25, -0.2) is 0 Å². The standard InChI is InChI=1S/C37H36Si/c1-38(31-19-9-4-10-20-31,32-23-29-17-11-21-34(36(29)25-32)27-13-5-2-6-14-27)33-24-30-18-12-22-35(37(30)26-33)28-15-7-3-8-16-28/h2-3,5-8,11-18,21-22,25-26,31H,4,9-10,19-20,23-24H2,1H3. The van der Waals surface area contributed by atoms with Crippen molar-refractivity contribution < 1.29 is 0 Å². The van der Waals surface area contributed by atoms with Crippen LogP contribution in [-0.2, 0) is 12.8 Å². The third-order valence-electron chi connectivity index (χ3n) is 9.72. The molecule has 0 N–H and O–H groups in total. The topological polar surface area (TPSA) is 0 Å². The zero-order chi connectivity index (χ0) is 25.5. The van der Waals surface area contributed by atoms with Crippen LogP contribution in [0.2, 0.25) is 12.1 Å². The van der Waals surface area contributed by atoms with Crippen molar-refractivity contribution in [3.63, 3.8) is 0 Å². The Morgan fingerprint density at radius 1 is 0.526 bits per heavy atom. The molecule has 0 radical (unpaired) electrons. The van der Waals surface area contributed by atoms with Crippen LogP contribution in [0.3, 0.4) is 0 Å². The molecule has 3 aliphatic carbocycles. The quantitative estimate of drug-likeness (QED) is 0.235. The van der Waals surface area contributed by atoms with Crippen molar-refractivity contribution in [1.82, 2.24) is 0 Å². The molecule has 4 aromatic carbocycles. The lowest BCUT2D eigenvalue weighted by Crippen LogP contribution is -2.43. The Hall–Kier alpha value is -3.42. The van der Waals surface area contributed by atoms with Crippen LogP contribution < -0.4 is 0 Å². The van der Waals surface area contributed by atoms with Crippen molar-refractivity contribution in [2.75, 3.05) is 0 Å². The lowest BCUT2D eigenvalue weighted by molar-refractivity contribution is 0.493. The zero-order valence-electron chi connectivity index (χ0n) is 22.4. The molecule has 0 unspecified atom stereocenters. The number of allylic oxidation sites excluding steroid dienone is 2. The summed E-state index contributed by atoms with van der Waals surface area (Å²) in [4.78, 5) is 0. The molecule has 7 rings (SSSR count). The molecule has 0 heterocycles. The van der Waals surface area contributed by atoms with E-state index >= 15 is 0 Å². The van der Waals surface area contributed by atoms with E-state index in [0.29, 0.717) is 0 Å². The fourth-order valence-electron chi connectivity index (χ4n) is 7.55. The Morgan fingerprint density at radius 3 is 1.47 bits per heavy atom. The summed E-state index contributed by atoms with van der Waals surface area (Å²) in [6.07, 6.45) is 14.6. The molecule has 0 bridgehead atoms. The van der Waals surface area contributed by atoms with Gasteiger partial charge in [-0.15, -0.1) is 0 Å². The van der Waals surface area contributed by atoms with Crippen molar-refractivity contribution in [3.05, 3.63) is 130 Å². The van der Waals surface area contributed by atoms with E-state index in [2.05, 4.69) is 116 Å². The molecule has 0 aromatic heterocycles. The van der Waals surface area contributed by atoms with Crippen LogP contribution in [0.4, 0.5) is 0 Å². The van der Waals surface area contributed by atoms with Gasteiger partial charge >= 0.3 is 0 Å². The monoisotopic (exact) mass is 508 g/mol. The Balaban J connectivity index is 1.34. The molecule has 3 aliphatic rings. The van der Waals surface area contributed by atoms with Crippen LogP contribution in [0.15, 0.2) is 107 Å². The maximum Gasteiger partial charge on any atom is 0.109 e. The summed E-state index contributed by atoms with van der Waals surface area (Å²) in [6.45, 7) is 2.74. The maximum atomic E-state index is 2.74. The summed E-state index contributed by atoms with van der Waals surface area (Å²) in [5.41, 5.74) is 12.3. The number of hydrogen-bond donors (Lipinski definition) is 0. The van der Waals surface area contributed by atoms with Crippen LogP contribution >= 0.6 is 0 Å². The molecule has 0 amide bonds. The van der Waals surface area contributed by atoms with Crippen LogP contribution in [0.1, 0.15) is 54.4 Å². The van der Waals surface area contributed by atoms with Gasteiger partial charge in [0.15, 0.2) is 0 Å². The molecule has 0 nitrogen and oxygen atoms in total. The van der Waals surface area contributed by atoms with Crippen LogP contribution in [0, 0.1) is 0 Å². The van der Waals surface area contributed by atoms with E-state index in [-0.39, 0.29) is 0 Å². The van der Waals surface area contributed by atoms with Gasteiger partial charge in [0.1, 0.15) is 8.07 Å². The molecule has 0 saturated heterocycles. The molecule has 0 aliphatic heterocycles. The smallest absolute Gasteiger partial charge is 0.0709 e. The van der Waals surface area contributed by atoms with Crippen molar-refractivity contribution >= 4 is 20.2 Å². The van der Waals surface area contributed by atoms with Crippen LogP contribution in [0.5, 0.6) is 0 Å². The van der Waals surface area contributed by atoms with E-state index in [1.165, 1.54) is 76.6 Å². The van der Waals surface area contributed by atoms with Crippen molar-refractivity contribution in [1.29, 1.82) is 0 Å². The van der Waals surface area contributed by atoms with Crippen molar-refractivity contribution in [2.24, 2.45) is 0 Å². The van der Waals surface area contributed by atoms with Gasteiger partial charge in [-0.2, -0.15) is 0 Å². The second-order valence-electron chi connectivity index (χ2n) is 11.7. The van der Waals surface area contributed by atoms with Gasteiger partial charge < -0.3 is 0 Å². The Kier molecular flexibility index (Phi) is 6.05. The molecule has 38 heavy (non-hydrogen) atoms. The predicted molar refractivity (Wildman–Crippen MR) is 166 cm³/mol. The Labute approximate surface area is 228 Å². The van der Waals surface area contributed by atoms with E-state index in [1.54, 1.807) is 10.4 Å². The third-order valence-corrected chi connectivity index (χ3v) is 15.2. The first-order valence-corrected chi connectivity index (χ1v) is 17.1. The fraction of sp³-hybridized carbons (Fsp3) is 0.243. The van der Waals surface area contributed by atoms with Gasteiger partial charge in [0, 0.05) is 0 Å². The molecular weight excluding hydrogens is 472 g/mol. The van der Waals surface area contributed by atoms with Gasteiger partial charge in [-0.3, -0.25) is 0 Å². The normalized spacial score (nSPS) is 17.1. The minimum atomic E-state index is -1.90. The number of benzene rings is 4. The van der Waals surface area contributed by atoms with E-state index < -0.39 is 8.07 Å². The first kappa shape index (κ1) is 23.7. The minimum Gasteiger partial charge on any atom is -0.0709 e. The highest BCUT2D eigenvalue weighted by Gasteiger charge is 2.45. The average Bonchev–Trinajstić information content (AvgIpc) is 3.63. The highest BCUT2D eigenvalue weighted by Crippen LogP contribution is 2.51. The van der Waals surface area contributed by atoms with Gasteiger partial charge in [-0.05, 0) is 62.9 Å². The van der Waals surface area contributed by atoms with Crippen LogP contribution in [0.25, 0.3) is 34.4 Å². The second-order valence-corrected chi connectivity index (χ2v) is 16.2. The highest BCUT2D eigenvalue weighted by molar-refractivity contribution is 6.94. The molecular formula is C37H36Si. The van der Waals surface area contributed by atoms with Crippen molar-refractivity contribution in [3.8, 4) is 22.3 Å². The Morgan fingerprint density at radius 2 is 1.00 bits per heavy atom. The summed E-state index contributed by atoms with van der Waals surface area (Å²) in [7, 11) is -1.90. The summed E-state index contributed by atoms with van der Waals surface area (Å²) in [5.74, 6) is 0. The Bertz CT molecular complexity index is 1430. The summed E-state index contributed by atoms with van der Waals surface area (Å²) in [6, 6.07) is 35.9. The van der Waals surface area contributed by atoms with E-state index in [1.807, 2.05) is 0 Å². The van der Waals surface area contributed by atoms with Gasteiger partial charge in [-0.1, -0.05) is 158 Å². The molecule has 0 spiro atoms. The molecule has 1 fully saturated rings. The van der Waals surface area contributed by atoms with E-state index in [9.17, 15) is 0 Å². The number of rotatable bonds is 5. The predicted octanol–water partition coefficient (Wildman–Crippen LogP) is 10.1. The largest absolute Gasteiger partial charge is 0.109 e. The second kappa shape index (κ2) is 9.71. The van der Waals surface area contributed by atoms with Gasteiger partial charge in [0.25, 0.3) is 0 Å². The first-order chi connectivity index (χ1) is 18.7. The maximum absolute atomic E-state index is 2.74. The summed E-state index contributed by atoms with van der Waals surface area (Å²) >= 11 is 0. The van der Waals surface area contributed by atoms with Gasteiger partial charge in [0.05, 0.1) is 0 Å². The lowest BCUT2D eigenvalue weighted by atomic mass is 9.97. The minimum absolute atomic E-state index is 0.845. The van der Waals surface area contributed by atoms with Crippen LogP contribution in [-0.4, -0.2) is 8.07 Å². The van der Waals surface area contributed by atoms with Gasteiger partial charge in [0.2, 0.25) is 0 Å². The molecule has 1 saturated carbocycles. The molecule has 188 valence electrons. The number of fused-ring (bicyclic) bond motifs is 2. The van der Waals surface area contributed by atoms with Crippen molar-refractivity contribution in [2.45, 2.75) is 57.0 Å². The zero-order valence-corrected chi connectivity index (χ0v) is 23.4. The number of hydrogen-bond acceptors (Lipinski definition) is 0. The highest BCUT2D eigenvalue weighted by atomic mass is 28.3. The van der Waals surface area contributed by atoms with E-state index in [4.69, 9.17) is 0 Å². The first-order valence-electron chi connectivity index (χ1n) is 14.5. The third kappa shape index (κ3) is 3.96. The summed E-state index contributed by atoms with van der Waals surface area (Å²) < 4.78 is 0. The molecule has 1 heteroatoms. The fourth-order valence-corrected chi connectivity index (χ4v) is 12.6. The van der Waals surface area contributed by atoms with E-state index in [0.717, 1.165) is 18.4 Å². The summed E-state index contributed by atoms with van der Waals surface area (Å²) in [5, 5.41) is 3.53. The average molecular weight is 509 g/mol. The molecule has 4 aromatic rings. The SMILES string of the molecule is C[Si](C1=Cc2c(cccc2-c2ccccc2)C1)(C1=Cc2c(cccc2-c2ccccc2)C1)C1CCCCC1. The molecule has 0 atom stereocenters.